The minimum atomic E-state index is -0.201. The van der Waals surface area contributed by atoms with Gasteiger partial charge in [-0.25, -0.2) is 4.68 Å². The number of benzene rings is 3. The third kappa shape index (κ3) is 5.35. The summed E-state index contributed by atoms with van der Waals surface area (Å²) < 4.78 is 1.71. The van der Waals surface area contributed by atoms with Gasteiger partial charge in [0.1, 0.15) is 17.5 Å². The molecule has 1 heterocycles. The minimum absolute atomic E-state index is 0.127. The zero-order chi connectivity index (χ0) is 25.7. The van der Waals surface area contributed by atoms with Gasteiger partial charge in [-0.1, -0.05) is 61.0 Å². The number of nitrogens with zero attached hydrogens (tertiary/aromatic N) is 3. The van der Waals surface area contributed by atoms with Gasteiger partial charge in [-0.15, -0.1) is 0 Å². The molecule has 4 aromatic rings. The van der Waals surface area contributed by atoms with Crippen molar-refractivity contribution in [1.29, 1.82) is 5.26 Å². The highest BCUT2D eigenvalue weighted by Gasteiger charge is 2.18. The number of aromatic nitrogens is 2. The molecule has 0 aliphatic rings. The van der Waals surface area contributed by atoms with Gasteiger partial charge in [-0.05, 0) is 54.3 Å². The van der Waals surface area contributed by atoms with Crippen molar-refractivity contribution in [2.75, 3.05) is 10.6 Å². The first kappa shape index (κ1) is 24.8. The van der Waals surface area contributed by atoms with Crippen LogP contribution >= 0.6 is 11.6 Å². The third-order valence-electron chi connectivity index (χ3n) is 5.70. The summed E-state index contributed by atoms with van der Waals surface area (Å²) in [6.07, 6.45) is 1.03. The van der Waals surface area contributed by atoms with Gasteiger partial charge in [0.05, 0.1) is 22.1 Å². The molecule has 0 aliphatic heterocycles. The number of halogens is 1. The van der Waals surface area contributed by atoms with E-state index < -0.39 is 0 Å². The second kappa shape index (κ2) is 11.0. The first-order valence-electron chi connectivity index (χ1n) is 11.6. The molecule has 3 aromatic carbocycles. The molecule has 3 N–H and O–H groups in total. The Morgan fingerprint density at radius 3 is 2.58 bits per heavy atom. The highest BCUT2D eigenvalue weighted by Crippen LogP contribution is 2.34. The Labute approximate surface area is 215 Å². The summed E-state index contributed by atoms with van der Waals surface area (Å²) in [6.45, 7) is 3.98. The van der Waals surface area contributed by atoms with Crippen molar-refractivity contribution in [2.24, 2.45) is 0 Å². The average Bonchev–Trinajstić information content (AvgIpc) is 3.21. The summed E-state index contributed by atoms with van der Waals surface area (Å²) in [5.41, 5.74) is 4.91. The third-order valence-corrected chi connectivity index (χ3v) is 5.99. The molecule has 0 spiro atoms. The Morgan fingerprint density at radius 2 is 1.86 bits per heavy atom. The first-order chi connectivity index (χ1) is 17.4. The lowest BCUT2D eigenvalue weighted by molar-refractivity contribution is -0.116. The molecule has 1 aromatic heterocycles. The predicted octanol–water partition coefficient (Wildman–Crippen LogP) is 6.43. The molecule has 7 nitrogen and oxygen atoms in total. The maximum atomic E-state index is 12.1. The van der Waals surface area contributed by atoms with Gasteiger partial charge in [0, 0.05) is 13.0 Å². The monoisotopic (exact) mass is 499 g/mol. The molecule has 0 radical (unpaired) electrons. The van der Waals surface area contributed by atoms with Crippen LogP contribution in [0.5, 0.6) is 5.75 Å². The van der Waals surface area contributed by atoms with Crippen LogP contribution in [-0.4, -0.2) is 20.8 Å². The molecule has 0 aliphatic carbocycles. The summed E-state index contributed by atoms with van der Waals surface area (Å²) >= 11 is 6.23. The van der Waals surface area contributed by atoms with Crippen molar-refractivity contribution in [3.05, 3.63) is 88.6 Å². The predicted molar refractivity (Wildman–Crippen MR) is 142 cm³/mol. The second-order valence-electron chi connectivity index (χ2n) is 8.37. The number of anilines is 2. The fourth-order valence-corrected chi connectivity index (χ4v) is 4.18. The van der Waals surface area contributed by atoms with E-state index in [1.54, 1.807) is 23.7 Å². The normalized spacial score (nSPS) is 10.6. The van der Waals surface area contributed by atoms with E-state index in [2.05, 4.69) is 21.8 Å². The van der Waals surface area contributed by atoms with Crippen molar-refractivity contribution in [1.82, 2.24) is 9.78 Å². The molecule has 0 bridgehead atoms. The summed E-state index contributed by atoms with van der Waals surface area (Å²) in [5.74, 6) is 0.162. The molecule has 182 valence electrons. The first-order valence-corrected chi connectivity index (χ1v) is 12.0. The molecule has 4 rings (SSSR count). The van der Waals surface area contributed by atoms with E-state index in [4.69, 9.17) is 11.6 Å². The van der Waals surface area contributed by atoms with Crippen LogP contribution in [0.4, 0.5) is 11.5 Å². The average molecular weight is 500 g/mol. The van der Waals surface area contributed by atoms with E-state index in [0.717, 1.165) is 22.4 Å². The molecule has 0 saturated heterocycles. The topological polar surface area (TPSA) is 103 Å². The fraction of sp³-hybridized carbons (Fsp3) is 0.179. The van der Waals surface area contributed by atoms with Crippen LogP contribution in [0.25, 0.3) is 16.8 Å². The van der Waals surface area contributed by atoms with Crippen LogP contribution in [0.3, 0.4) is 0 Å². The van der Waals surface area contributed by atoms with E-state index in [-0.39, 0.29) is 28.9 Å². The maximum absolute atomic E-state index is 12.1. The molecule has 0 saturated carbocycles. The number of carbonyl (C=O) groups excluding carboxylic acids is 1. The maximum Gasteiger partial charge on any atom is 0.224 e. The minimum Gasteiger partial charge on any atom is -0.504 e. The van der Waals surface area contributed by atoms with Gasteiger partial charge in [0.25, 0.3) is 0 Å². The number of phenolic OH excluding ortho intramolecular Hbond substituents is 1. The molecule has 36 heavy (non-hydrogen) atoms. The lowest BCUT2D eigenvalue weighted by atomic mass is 10.1. The number of hydrogen-bond donors (Lipinski definition) is 3. The number of phenols is 1. The van der Waals surface area contributed by atoms with Gasteiger partial charge in [0.15, 0.2) is 5.75 Å². The van der Waals surface area contributed by atoms with Crippen LogP contribution in [0.1, 0.15) is 36.6 Å². The van der Waals surface area contributed by atoms with Crippen LogP contribution in [-0.2, 0) is 11.3 Å². The number of nitriles is 1. The van der Waals surface area contributed by atoms with Gasteiger partial charge >= 0.3 is 0 Å². The zero-order valence-electron chi connectivity index (χ0n) is 20.0. The Morgan fingerprint density at radius 1 is 1.11 bits per heavy atom. The highest BCUT2D eigenvalue weighted by molar-refractivity contribution is 6.32. The largest absolute Gasteiger partial charge is 0.504 e. The van der Waals surface area contributed by atoms with E-state index in [9.17, 15) is 15.2 Å². The zero-order valence-corrected chi connectivity index (χ0v) is 20.8. The lowest BCUT2D eigenvalue weighted by Gasteiger charge is -2.14. The van der Waals surface area contributed by atoms with Gasteiger partial charge in [0.2, 0.25) is 5.91 Å². The molecular weight excluding hydrogens is 474 g/mol. The summed E-state index contributed by atoms with van der Waals surface area (Å²) in [5, 5.41) is 30.9. The second-order valence-corrected chi connectivity index (χ2v) is 8.78. The fourth-order valence-electron chi connectivity index (χ4n) is 3.94. The van der Waals surface area contributed by atoms with Crippen LogP contribution < -0.4 is 10.6 Å². The van der Waals surface area contributed by atoms with E-state index in [1.807, 2.05) is 61.5 Å². The van der Waals surface area contributed by atoms with E-state index in [0.29, 0.717) is 29.9 Å². The lowest BCUT2D eigenvalue weighted by Crippen LogP contribution is -2.12. The molecule has 0 unspecified atom stereocenters. The van der Waals surface area contributed by atoms with Crippen LogP contribution in [0.15, 0.2) is 66.7 Å². The number of aryl methyl sites for hydroxylation is 1. The van der Waals surface area contributed by atoms with Crippen LogP contribution in [0.2, 0.25) is 5.02 Å². The molecule has 0 atom stereocenters. The molecular formula is C28H26ClN5O2. The number of aromatic hydroxyl groups is 1. The van der Waals surface area contributed by atoms with Crippen molar-refractivity contribution in [3.63, 3.8) is 0 Å². The quantitative estimate of drug-likeness (QED) is 0.242. The Bertz CT molecular complexity index is 1440. The standard InChI is InChI=1S/C28H26ClN5O2/c1-3-8-26(35)32-25-14-19(13-24(29)27(25)36)17-31-28-23(16-30)18(2)33-34(28)22-12-7-11-21(15-22)20-9-5-4-6-10-20/h4-7,9-15,31,36H,3,8,17H2,1-2H3,(H,32,35). The summed E-state index contributed by atoms with van der Waals surface area (Å²) in [4.78, 5) is 12.1. The number of rotatable bonds is 8. The van der Waals surface area contributed by atoms with E-state index in [1.165, 1.54) is 0 Å². The van der Waals surface area contributed by atoms with Crippen LogP contribution in [0, 0.1) is 18.3 Å². The van der Waals surface area contributed by atoms with Gasteiger partial charge < -0.3 is 15.7 Å². The highest BCUT2D eigenvalue weighted by atomic mass is 35.5. The van der Waals surface area contributed by atoms with Crippen molar-refractivity contribution in [3.8, 4) is 28.6 Å². The molecule has 8 heteroatoms. The number of hydrogen-bond acceptors (Lipinski definition) is 5. The SMILES string of the molecule is CCCC(=O)Nc1cc(CNc2c(C#N)c(C)nn2-c2cccc(-c3ccccc3)c2)cc(Cl)c1O. The summed E-state index contributed by atoms with van der Waals surface area (Å²) in [7, 11) is 0. The van der Waals surface area contributed by atoms with Crippen molar-refractivity contribution in [2.45, 2.75) is 33.2 Å². The summed E-state index contributed by atoms with van der Waals surface area (Å²) in [6, 6.07) is 23.5. The van der Waals surface area contributed by atoms with Gasteiger partial charge in [-0.2, -0.15) is 10.4 Å². The van der Waals surface area contributed by atoms with Crippen molar-refractivity contribution >= 4 is 29.0 Å². The molecule has 1 amide bonds. The Hall–Kier alpha value is -4.28. The molecule has 0 fully saturated rings. The number of carbonyl (C=O) groups is 1. The number of amides is 1. The smallest absolute Gasteiger partial charge is 0.224 e. The van der Waals surface area contributed by atoms with Crippen molar-refractivity contribution < 1.29 is 9.90 Å². The Kier molecular flexibility index (Phi) is 7.57. The van der Waals surface area contributed by atoms with E-state index >= 15 is 0 Å². The number of nitrogens with one attached hydrogen (secondary N) is 2. The Balaban J connectivity index is 1.66. The van der Waals surface area contributed by atoms with Gasteiger partial charge in [-0.3, -0.25) is 4.79 Å².